The predicted molar refractivity (Wildman–Crippen MR) is 91.0 cm³/mol. The number of carbonyl (C=O) groups is 3. The summed E-state index contributed by atoms with van der Waals surface area (Å²) in [6, 6.07) is 9.79. The molecule has 0 unspecified atom stereocenters. The number of hydrogen-bond donors (Lipinski definition) is 3. The molecule has 2 saturated heterocycles. The number of rotatable bonds is 4. The van der Waals surface area contributed by atoms with E-state index in [4.69, 9.17) is 0 Å². The standard InChI is InChI=1S/C18H23N3O4/c22-15-12-14(16(23)24)18(20-15)7-10-21(11-8-18)17(25)19-9-6-13-4-2-1-3-5-13/h1-5,14H,6-12H2,(H,19,25)(H,20,22)(H,23,24)/t14-/m1/s1. The average Bonchev–Trinajstić information content (AvgIpc) is 2.92. The van der Waals surface area contributed by atoms with Crippen molar-refractivity contribution >= 4 is 17.9 Å². The van der Waals surface area contributed by atoms with Crippen molar-refractivity contribution in [3.63, 3.8) is 0 Å². The van der Waals surface area contributed by atoms with Gasteiger partial charge in [-0.15, -0.1) is 0 Å². The second-order valence-corrected chi connectivity index (χ2v) is 6.75. The molecule has 3 rings (SSSR count). The van der Waals surface area contributed by atoms with Crippen LogP contribution < -0.4 is 10.6 Å². The Hall–Kier alpha value is -2.57. The Morgan fingerprint density at radius 3 is 2.56 bits per heavy atom. The van der Waals surface area contributed by atoms with Gasteiger partial charge in [0.1, 0.15) is 0 Å². The summed E-state index contributed by atoms with van der Waals surface area (Å²) in [6.45, 7) is 1.45. The van der Waals surface area contributed by atoms with E-state index in [9.17, 15) is 19.5 Å². The molecule has 0 saturated carbocycles. The minimum absolute atomic E-state index is 0.0264. The van der Waals surface area contributed by atoms with Crippen LogP contribution in [0, 0.1) is 5.92 Å². The first kappa shape index (κ1) is 17.3. The second kappa shape index (κ2) is 7.13. The third-order valence-electron chi connectivity index (χ3n) is 5.22. The maximum atomic E-state index is 12.3. The van der Waals surface area contributed by atoms with Crippen molar-refractivity contribution in [1.82, 2.24) is 15.5 Å². The van der Waals surface area contributed by atoms with E-state index in [2.05, 4.69) is 10.6 Å². The average molecular weight is 345 g/mol. The van der Waals surface area contributed by atoms with Gasteiger partial charge in [0, 0.05) is 26.1 Å². The molecule has 2 aliphatic heterocycles. The van der Waals surface area contributed by atoms with Crippen LogP contribution in [0.4, 0.5) is 4.79 Å². The molecule has 2 aliphatic rings. The molecule has 7 heteroatoms. The molecular formula is C18H23N3O4. The summed E-state index contributed by atoms with van der Waals surface area (Å²) >= 11 is 0. The lowest BCUT2D eigenvalue weighted by Crippen LogP contribution is -2.57. The molecule has 3 amide bonds. The van der Waals surface area contributed by atoms with Crippen LogP contribution in [0.1, 0.15) is 24.8 Å². The van der Waals surface area contributed by atoms with E-state index >= 15 is 0 Å². The maximum absolute atomic E-state index is 12.3. The van der Waals surface area contributed by atoms with Crippen LogP contribution in [-0.4, -0.2) is 53.1 Å². The van der Waals surface area contributed by atoms with Gasteiger partial charge in [0.05, 0.1) is 11.5 Å². The predicted octanol–water partition coefficient (Wildman–Crippen LogP) is 0.994. The molecule has 3 N–H and O–H groups in total. The molecule has 0 aromatic heterocycles. The summed E-state index contributed by atoms with van der Waals surface area (Å²) in [7, 11) is 0. The third-order valence-corrected chi connectivity index (χ3v) is 5.22. The number of amides is 3. The number of carboxylic acids is 1. The fourth-order valence-corrected chi connectivity index (χ4v) is 3.77. The van der Waals surface area contributed by atoms with Crippen LogP contribution >= 0.6 is 0 Å². The van der Waals surface area contributed by atoms with Gasteiger partial charge in [-0.2, -0.15) is 0 Å². The van der Waals surface area contributed by atoms with Gasteiger partial charge < -0.3 is 20.6 Å². The Morgan fingerprint density at radius 2 is 1.92 bits per heavy atom. The Bertz CT molecular complexity index is 654. The first-order valence-corrected chi connectivity index (χ1v) is 8.61. The van der Waals surface area contributed by atoms with Crippen LogP contribution in [0.2, 0.25) is 0 Å². The maximum Gasteiger partial charge on any atom is 0.317 e. The Labute approximate surface area is 146 Å². The summed E-state index contributed by atoms with van der Waals surface area (Å²) in [5.74, 6) is -1.87. The number of likely N-dealkylation sites (tertiary alicyclic amines) is 1. The molecule has 25 heavy (non-hydrogen) atoms. The van der Waals surface area contributed by atoms with Gasteiger partial charge in [-0.05, 0) is 24.8 Å². The topological polar surface area (TPSA) is 98.7 Å². The molecule has 0 bridgehead atoms. The molecule has 1 spiro atoms. The highest BCUT2D eigenvalue weighted by atomic mass is 16.4. The Balaban J connectivity index is 1.49. The van der Waals surface area contributed by atoms with Gasteiger partial charge in [-0.3, -0.25) is 9.59 Å². The van der Waals surface area contributed by atoms with Gasteiger partial charge in [0.25, 0.3) is 0 Å². The van der Waals surface area contributed by atoms with E-state index < -0.39 is 17.4 Å². The van der Waals surface area contributed by atoms with Gasteiger partial charge in [0.2, 0.25) is 5.91 Å². The van der Waals surface area contributed by atoms with Crippen LogP contribution in [0.15, 0.2) is 30.3 Å². The number of nitrogens with zero attached hydrogens (tertiary/aromatic N) is 1. The number of nitrogens with one attached hydrogen (secondary N) is 2. The van der Waals surface area contributed by atoms with E-state index in [1.807, 2.05) is 30.3 Å². The summed E-state index contributed by atoms with van der Waals surface area (Å²) in [5, 5.41) is 15.1. The molecule has 2 heterocycles. The minimum atomic E-state index is -0.945. The number of aliphatic carboxylic acids is 1. The van der Waals surface area contributed by atoms with Crippen molar-refractivity contribution in [3.8, 4) is 0 Å². The van der Waals surface area contributed by atoms with Crippen molar-refractivity contribution in [2.45, 2.75) is 31.2 Å². The molecular weight excluding hydrogens is 322 g/mol. The number of hydrogen-bond acceptors (Lipinski definition) is 3. The number of carboxylic acid groups (broad SMARTS) is 1. The SMILES string of the molecule is O=C1C[C@H](C(=O)O)C2(CCN(C(=O)NCCc3ccccc3)CC2)N1. The zero-order valence-corrected chi connectivity index (χ0v) is 14.0. The number of piperidine rings is 1. The van der Waals surface area contributed by atoms with Gasteiger partial charge in [-0.25, -0.2) is 4.79 Å². The molecule has 7 nitrogen and oxygen atoms in total. The lowest BCUT2D eigenvalue weighted by Gasteiger charge is -2.41. The quantitative estimate of drug-likeness (QED) is 0.758. The van der Waals surface area contributed by atoms with Crippen LogP contribution in [-0.2, 0) is 16.0 Å². The van der Waals surface area contributed by atoms with Crippen molar-refractivity contribution in [3.05, 3.63) is 35.9 Å². The lowest BCUT2D eigenvalue weighted by atomic mass is 9.78. The van der Waals surface area contributed by atoms with Gasteiger partial charge in [0.15, 0.2) is 0 Å². The Morgan fingerprint density at radius 1 is 1.24 bits per heavy atom. The number of benzene rings is 1. The Kier molecular flexibility index (Phi) is 4.92. The van der Waals surface area contributed by atoms with Crippen LogP contribution in [0.3, 0.4) is 0 Å². The number of urea groups is 1. The highest BCUT2D eigenvalue weighted by Crippen LogP contribution is 2.36. The lowest BCUT2D eigenvalue weighted by molar-refractivity contribution is -0.144. The second-order valence-electron chi connectivity index (χ2n) is 6.75. The van der Waals surface area contributed by atoms with E-state index in [-0.39, 0.29) is 18.4 Å². The van der Waals surface area contributed by atoms with Crippen molar-refractivity contribution in [2.75, 3.05) is 19.6 Å². The van der Waals surface area contributed by atoms with E-state index in [1.54, 1.807) is 4.90 Å². The first-order chi connectivity index (χ1) is 12.0. The minimum Gasteiger partial charge on any atom is -0.481 e. The van der Waals surface area contributed by atoms with E-state index in [0.717, 1.165) is 6.42 Å². The summed E-state index contributed by atoms with van der Waals surface area (Å²) < 4.78 is 0. The number of carbonyl (C=O) groups excluding carboxylic acids is 2. The summed E-state index contributed by atoms with van der Waals surface area (Å²) in [4.78, 5) is 37.1. The van der Waals surface area contributed by atoms with E-state index in [0.29, 0.717) is 32.5 Å². The fourth-order valence-electron chi connectivity index (χ4n) is 3.77. The molecule has 1 aromatic carbocycles. The highest BCUT2D eigenvalue weighted by molar-refractivity contribution is 5.88. The van der Waals surface area contributed by atoms with Gasteiger partial charge >= 0.3 is 12.0 Å². The first-order valence-electron chi connectivity index (χ1n) is 8.61. The zero-order valence-electron chi connectivity index (χ0n) is 14.0. The van der Waals surface area contributed by atoms with Crippen LogP contribution in [0.25, 0.3) is 0 Å². The molecule has 0 aliphatic carbocycles. The normalized spacial score (nSPS) is 21.8. The summed E-state index contributed by atoms with van der Waals surface area (Å²) in [5.41, 5.74) is 0.461. The molecule has 1 aromatic rings. The van der Waals surface area contributed by atoms with Crippen molar-refractivity contribution in [2.24, 2.45) is 5.92 Å². The zero-order chi connectivity index (χ0) is 17.9. The molecule has 0 radical (unpaired) electrons. The summed E-state index contributed by atoms with van der Waals surface area (Å²) in [6.07, 6.45) is 1.74. The van der Waals surface area contributed by atoms with Crippen LogP contribution in [0.5, 0.6) is 0 Å². The third kappa shape index (κ3) is 3.75. The molecule has 134 valence electrons. The van der Waals surface area contributed by atoms with E-state index in [1.165, 1.54) is 5.56 Å². The van der Waals surface area contributed by atoms with Crippen molar-refractivity contribution < 1.29 is 19.5 Å². The fraction of sp³-hybridized carbons (Fsp3) is 0.500. The highest BCUT2D eigenvalue weighted by Gasteiger charge is 2.51. The molecule has 1 atom stereocenters. The largest absolute Gasteiger partial charge is 0.481 e. The molecule has 2 fully saturated rings. The van der Waals surface area contributed by atoms with Gasteiger partial charge in [-0.1, -0.05) is 30.3 Å². The van der Waals surface area contributed by atoms with Crippen molar-refractivity contribution in [1.29, 1.82) is 0 Å². The smallest absolute Gasteiger partial charge is 0.317 e. The monoisotopic (exact) mass is 345 g/mol.